The van der Waals surface area contributed by atoms with E-state index < -0.39 is 24.4 Å². The van der Waals surface area contributed by atoms with Crippen molar-refractivity contribution in [3.05, 3.63) is 18.2 Å². The summed E-state index contributed by atoms with van der Waals surface area (Å²) < 4.78 is 10.6. The summed E-state index contributed by atoms with van der Waals surface area (Å²) in [7, 11) is -4.49. The van der Waals surface area contributed by atoms with Gasteiger partial charge in [-0.3, -0.25) is 4.57 Å². The van der Waals surface area contributed by atoms with E-state index in [1.807, 2.05) is 0 Å². The van der Waals surface area contributed by atoms with Crippen LogP contribution in [0.5, 0.6) is 11.5 Å². The molecule has 0 unspecified atom stereocenters. The average molecular weight is 190 g/mol. The Labute approximate surface area is 68.1 Å². The SMILES string of the molecule is O=P(O)(O)c1cccc(O)c1O. The van der Waals surface area contributed by atoms with Crippen LogP contribution in [0.25, 0.3) is 0 Å². The number of para-hydroxylation sites is 1. The fourth-order valence-corrected chi connectivity index (χ4v) is 1.43. The maximum atomic E-state index is 10.6. The Bertz CT molecular complexity index is 342. The fraction of sp³-hybridized carbons (Fsp3) is 0. The van der Waals surface area contributed by atoms with Crippen molar-refractivity contribution in [3.63, 3.8) is 0 Å². The molecule has 66 valence electrons. The monoisotopic (exact) mass is 190 g/mol. The Balaban J connectivity index is 3.36. The molecule has 0 bridgehead atoms. The van der Waals surface area contributed by atoms with Crippen LogP contribution in [0.15, 0.2) is 18.2 Å². The molecule has 0 aliphatic rings. The van der Waals surface area contributed by atoms with E-state index in [2.05, 4.69) is 0 Å². The standard InChI is InChI=1S/C6H7O5P/c7-4-2-1-3-5(6(4)8)12(9,10)11/h1-3,7-8H,(H2,9,10,11). The van der Waals surface area contributed by atoms with Crippen molar-refractivity contribution in [3.8, 4) is 11.5 Å². The minimum atomic E-state index is -4.49. The van der Waals surface area contributed by atoms with E-state index in [-0.39, 0.29) is 0 Å². The highest BCUT2D eigenvalue weighted by Crippen LogP contribution is 2.39. The van der Waals surface area contributed by atoms with Gasteiger partial charge in [0.15, 0.2) is 11.5 Å². The number of hydrogen-bond donors (Lipinski definition) is 4. The summed E-state index contributed by atoms with van der Waals surface area (Å²) in [4.78, 5) is 17.3. The molecule has 1 aromatic rings. The molecule has 1 aromatic carbocycles. The molecule has 4 N–H and O–H groups in total. The van der Waals surface area contributed by atoms with Crippen molar-refractivity contribution in [2.75, 3.05) is 0 Å². The lowest BCUT2D eigenvalue weighted by atomic mass is 10.3. The third-order valence-electron chi connectivity index (χ3n) is 1.31. The molecule has 1 rings (SSSR count). The second kappa shape index (κ2) is 2.79. The molecule has 5 nitrogen and oxygen atoms in total. The molecule has 0 saturated heterocycles. The predicted octanol–water partition coefficient (Wildman–Crippen LogP) is -0.0992. The Hall–Kier alpha value is -1.03. The average Bonchev–Trinajstić information content (AvgIpc) is 1.92. The number of benzene rings is 1. The molecule has 0 aliphatic heterocycles. The van der Waals surface area contributed by atoms with Crippen LogP contribution in [0.1, 0.15) is 0 Å². The number of rotatable bonds is 1. The van der Waals surface area contributed by atoms with Crippen LogP contribution in [-0.2, 0) is 4.57 Å². The maximum Gasteiger partial charge on any atom is 0.360 e. The molecule has 0 atom stereocenters. The lowest BCUT2D eigenvalue weighted by Gasteiger charge is -2.06. The normalized spacial score (nSPS) is 11.5. The van der Waals surface area contributed by atoms with Crippen LogP contribution in [0.4, 0.5) is 0 Å². The maximum absolute atomic E-state index is 10.6. The highest BCUT2D eigenvalue weighted by molar-refractivity contribution is 7.60. The van der Waals surface area contributed by atoms with Gasteiger partial charge in [0.25, 0.3) is 0 Å². The van der Waals surface area contributed by atoms with E-state index in [9.17, 15) is 4.57 Å². The van der Waals surface area contributed by atoms with Gasteiger partial charge in [-0.1, -0.05) is 6.07 Å². The van der Waals surface area contributed by atoms with Gasteiger partial charge in [0.2, 0.25) is 0 Å². The zero-order chi connectivity index (χ0) is 9.35. The van der Waals surface area contributed by atoms with Gasteiger partial charge in [-0.2, -0.15) is 0 Å². The minimum Gasteiger partial charge on any atom is -0.504 e. The van der Waals surface area contributed by atoms with Crippen LogP contribution >= 0.6 is 7.60 Å². The van der Waals surface area contributed by atoms with Gasteiger partial charge in [-0.25, -0.2) is 0 Å². The third-order valence-corrected chi connectivity index (χ3v) is 2.30. The van der Waals surface area contributed by atoms with E-state index in [0.717, 1.165) is 12.1 Å². The van der Waals surface area contributed by atoms with Crippen molar-refractivity contribution in [2.24, 2.45) is 0 Å². The zero-order valence-electron chi connectivity index (χ0n) is 5.88. The molecule has 0 spiro atoms. The summed E-state index contributed by atoms with van der Waals surface area (Å²) in [6.45, 7) is 0. The quantitative estimate of drug-likeness (QED) is 0.366. The summed E-state index contributed by atoms with van der Waals surface area (Å²) in [6, 6.07) is 3.42. The van der Waals surface area contributed by atoms with Gasteiger partial charge in [0.05, 0.1) is 0 Å². The Kier molecular flexibility index (Phi) is 2.10. The van der Waals surface area contributed by atoms with Gasteiger partial charge in [0, 0.05) is 0 Å². The molecule has 0 aromatic heterocycles. The molecular formula is C6H7O5P. The van der Waals surface area contributed by atoms with Gasteiger partial charge in [-0.05, 0) is 12.1 Å². The number of phenols is 2. The summed E-state index contributed by atoms with van der Waals surface area (Å²) in [5.74, 6) is -1.32. The predicted molar refractivity (Wildman–Crippen MR) is 41.4 cm³/mol. The summed E-state index contributed by atoms with van der Waals surface area (Å²) in [5.41, 5.74) is 0. The van der Waals surface area contributed by atoms with Gasteiger partial charge < -0.3 is 20.0 Å². The number of hydrogen-bond acceptors (Lipinski definition) is 3. The second-order valence-electron chi connectivity index (χ2n) is 2.19. The van der Waals surface area contributed by atoms with E-state index in [1.54, 1.807) is 0 Å². The van der Waals surface area contributed by atoms with Crippen LogP contribution in [0, 0.1) is 0 Å². The molecule has 0 radical (unpaired) electrons. The van der Waals surface area contributed by atoms with E-state index in [0.29, 0.717) is 0 Å². The van der Waals surface area contributed by atoms with Crippen molar-refractivity contribution in [1.29, 1.82) is 0 Å². The first-order chi connectivity index (χ1) is 5.43. The lowest BCUT2D eigenvalue weighted by Crippen LogP contribution is -2.03. The Morgan fingerprint density at radius 1 is 1.17 bits per heavy atom. The molecule has 6 heteroatoms. The Morgan fingerprint density at radius 2 is 1.75 bits per heavy atom. The fourth-order valence-electron chi connectivity index (χ4n) is 0.755. The first-order valence-electron chi connectivity index (χ1n) is 3.00. The molecule has 12 heavy (non-hydrogen) atoms. The molecule has 0 saturated carbocycles. The minimum absolute atomic E-state index is 0.546. The highest BCUT2D eigenvalue weighted by Gasteiger charge is 2.22. The second-order valence-corrected chi connectivity index (χ2v) is 3.76. The summed E-state index contributed by atoms with van der Waals surface area (Å²) in [6.07, 6.45) is 0. The Morgan fingerprint density at radius 3 is 2.17 bits per heavy atom. The molecule has 0 amide bonds. The first-order valence-corrected chi connectivity index (χ1v) is 4.61. The first kappa shape index (κ1) is 9.06. The number of aromatic hydroxyl groups is 2. The topological polar surface area (TPSA) is 98.0 Å². The zero-order valence-corrected chi connectivity index (χ0v) is 6.77. The number of phenolic OH excluding ortho intramolecular Hbond substituents is 2. The van der Waals surface area contributed by atoms with Crippen LogP contribution in [0.2, 0.25) is 0 Å². The highest BCUT2D eigenvalue weighted by atomic mass is 31.2. The molecular weight excluding hydrogens is 183 g/mol. The van der Waals surface area contributed by atoms with Crippen LogP contribution < -0.4 is 5.30 Å². The van der Waals surface area contributed by atoms with Crippen molar-refractivity contribution in [2.45, 2.75) is 0 Å². The van der Waals surface area contributed by atoms with Crippen molar-refractivity contribution in [1.82, 2.24) is 0 Å². The van der Waals surface area contributed by atoms with E-state index in [1.165, 1.54) is 6.07 Å². The van der Waals surface area contributed by atoms with Gasteiger partial charge >= 0.3 is 7.60 Å². The molecule has 0 heterocycles. The van der Waals surface area contributed by atoms with Crippen LogP contribution in [-0.4, -0.2) is 20.0 Å². The lowest BCUT2D eigenvalue weighted by molar-refractivity contribution is 0.378. The third kappa shape index (κ3) is 1.58. The van der Waals surface area contributed by atoms with Gasteiger partial charge in [-0.15, -0.1) is 0 Å². The van der Waals surface area contributed by atoms with Crippen molar-refractivity contribution < 1.29 is 24.6 Å². The van der Waals surface area contributed by atoms with Crippen LogP contribution in [0.3, 0.4) is 0 Å². The summed E-state index contributed by atoms with van der Waals surface area (Å²) >= 11 is 0. The molecule has 0 fully saturated rings. The van der Waals surface area contributed by atoms with E-state index in [4.69, 9.17) is 20.0 Å². The largest absolute Gasteiger partial charge is 0.504 e. The van der Waals surface area contributed by atoms with Crippen molar-refractivity contribution >= 4 is 12.9 Å². The van der Waals surface area contributed by atoms with E-state index >= 15 is 0 Å². The molecule has 0 aliphatic carbocycles. The smallest absolute Gasteiger partial charge is 0.360 e. The summed E-state index contributed by atoms with van der Waals surface area (Å²) in [5, 5.41) is 17.3. The van der Waals surface area contributed by atoms with Gasteiger partial charge in [0.1, 0.15) is 5.30 Å².